The van der Waals surface area contributed by atoms with Crippen LogP contribution in [0, 0.1) is 0 Å². The lowest BCUT2D eigenvalue weighted by Gasteiger charge is -2.05. The molecule has 6 nitrogen and oxygen atoms in total. The molecule has 0 aliphatic rings. The molecular weight excluding hydrogens is 376 g/mol. The minimum absolute atomic E-state index is 0.143. The van der Waals surface area contributed by atoms with E-state index in [2.05, 4.69) is 10.1 Å². The Morgan fingerprint density at radius 2 is 2.12 bits per heavy atom. The zero-order valence-corrected chi connectivity index (χ0v) is 15.6. The normalized spacial score (nSPS) is 10.6. The molecule has 3 aromatic rings. The number of hydrogen-bond donors (Lipinski definition) is 0. The first-order chi connectivity index (χ1) is 12.6. The monoisotopic (exact) mass is 390 g/mol. The minimum Gasteiger partial charge on any atom is -0.497 e. The molecule has 3 rings (SSSR count). The lowest BCUT2D eigenvalue weighted by molar-refractivity contribution is 0.0429. The Hall–Kier alpha value is -2.51. The second kappa shape index (κ2) is 8.25. The summed E-state index contributed by atoms with van der Waals surface area (Å²) in [4.78, 5) is 17.4. The van der Waals surface area contributed by atoms with Crippen molar-refractivity contribution in [3.63, 3.8) is 0 Å². The van der Waals surface area contributed by atoms with E-state index in [0.29, 0.717) is 22.2 Å². The highest BCUT2D eigenvalue weighted by Gasteiger charge is 2.16. The highest BCUT2D eigenvalue weighted by molar-refractivity contribution is 7.98. The van der Waals surface area contributed by atoms with Crippen LogP contribution in [0.5, 0.6) is 5.75 Å². The van der Waals surface area contributed by atoms with Crippen molar-refractivity contribution < 1.29 is 18.8 Å². The largest absolute Gasteiger partial charge is 0.497 e. The van der Waals surface area contributed by atoms with Crippen molar-refractivity contribution >= 4 is 29.3 Å². The Kier molecular flexibility index (Phi) is 5.80. The third-order valence-corrected chi connectivity index (χ3v) is 4.57. The fourth-order valence-electron chi connectivity index (χ4n) is 2.19. The molecule has 2 aromatic carbocycles. The summed E-state index contributed by atoms with van der Waals surface area (Å²) in [6, 6.07) is 12.4. The summed E-state index contributed by atoms with van der Waals surface area (Å²) in [6.07, 6.45) is 1.91. The molecule has 0 fully saturated rings. The molecule has 0 bridgehead atoms. The number of halogens is 1. The van der Waals surface area contributed by atoms with E-state index in [9.17, 15) is 4.79 Å². The zero-order valence-electron chi connectivity index (χ0n) is 14.1. The molecule has 26 heavy (non-hydrogen) atoms. The number of carbonyl (C=O) groups is 1. The van der Waals surface area contributed by atoms with Crippen LogP contribution in [0.2, 0.25) is 5.02 Å². The van der Waals surface area contributed by atoms with Crippen LogP contribution >= 0.6 is 23.4 Å². The van der Waals surface area contributed by atoms with Crippen molar-refractivity contribution in [2.45, 2.75) is 11.5 Å². The first-order valence-corrected chi connectivity index (χ1v) is 9.18. The van der Waals surface area contributed by atoms with Crippen LogP contribution in [0.3, 0.4) is 0 Å². The van der Waals surface area contributed by atoms with E-state index in [-0.39, 0.29) is 12.5 Å². The summed E-state index contributed by atoms with van der Waals surface area (Å²) in [5, 5.41) is 4.22. The van der Waals surface area contributed by atoms with Crippen molar-refractivity contribution in [3.05, 3.63) is 58.9 Å². The van der Waals surface area contributed by atoms with Gasteiger partial charge in [0.15, 0.2) is 6.61 Å². The maximum absolute atomic E-state index is 12.2. The van der Waals surface area contributed by atoms with Gasteiger partial charge >= 0.3 is 5.97 Å². The highest BCUT2D eigenvalue weighted by atomic mass is 35.5. The predicted octanol–water partition coefficient (Wildman–Crippen LogP) is 4.48. The lowest BCUT2D eigenvalue weighted by Crippen LogP contribution is -2.06. The first kappa shape index (κ1) is 18.3. The number of ether oxygens (including phenoxy) is 2. The van der Waals surface area contributed by atoms with Gasteiger partial charge in [0.2, 0.25) is 5.82 Å². The van der Waals surface area contributed by atoms with Crippen molar-refractivity contribution in [3.8, 4) is 17.1 Å². The molecule has 0 unspecified atom stereocenters. The molecule has 0 spiro atoms. The third kappa shape index (κ3) is 4.17. The lowest BCUT2D eigenvalue weighted by atomic mass is 10.2. The van der Waals surface area contributed by atoms with E-state index in [4.69, 9.17) is 25.6 Å². The van der Waals surface area contributed by atoms with Gasteiger partial charge in [-0.25, -0.2) is 4.79 Å². The van der Waals surface area contributed by atoms with Gasteiger partial charge in [-0.1, -0.05) is 28.9 Å². The summed E-state index contributed by atoms with van der Waals surface area (Å²) in [5.41, 5.74) is 1.03. The van der Waals surface area contributed by atoms with Gasteiger partial charge in [-0.05, 0) is 36.6 Å². The first-order valence-electron chi connectivity index (χ1n) is 7.58. The van der Waals surface area contributed by atoms with E-state index >= 15 is 0 Å². The molecule has 1 heterocycles. The van der Waals surface area contributed by atoms with Gasteiger partial charge < -0.3 is 14.0 Å². The van der Waals surface area contributed by atoms with Gasteiger partial charge in [-0.15, -0.1) is 11.8 Å². The average molecular weight is 391 g/mol. The number of carbonyl (C=O) groups excluding carboxylic acids is 1. The second-order valence-electron chi connectivity index (χ2n) is 5.17. The fraction of sp³-hybridized carbons (Fsp3) is 0.167. The SMILES string of the molecule is COc1cccc(-c2noc(COC(=O)c3cc(SC)ccc3Cl)n2)c1. The van der Waals surface area contributed by atoms with Crippen LogP contribution in [-0.2, 0) is 11.3 Å². The van der Waals surface area contributed by atoms with Crippen LogP contribution < -0.4 is 4.74 Å². The Labute approximate surface area is 159 Å². The maximum Gasteiger partial charge on any atom is 0.340 e. The van der Waals surface area contributed by atoms with Crippen LogP contribution in [0.4, 0.5) is 0 Å². The Morgan fingerprint density at radius 3 is 2.88 bits per heavy atom. The molecule has 0 amide bonds. The molecule has 0 saturated carbocycles. The molecule has 1 aromatic heterocycles. The minimum atomic E-state index is -0.549. The van der Waals surface area contributed by atoms with Gasteiger partial charge in [-0.2, -0.15) is 4.98 Å². The van der Waals surface area contributed by atoms with Crippen molar-refractivity contribution in [2.24, 2.45) is 0 Å². The molecule has 134 valence electrons. The maximum atomic E-state index is 12.2. The van der Waals surface area contributed by atoms with Gasteiger partial charge in [0.1, 0.15) is 5.75 Å². The van der Waals surface area contributed by atoms with E-state index in [0.717, 1.165) is 10.5 Å². The smallest absolute Gasteiger partial charge is 0.340 e. The van der Waals surface area contributed by atoms with Crippen molar-refractivity contribution in [1.29, 1.82) is 0 Å². The van der Waals surface area contributed by atoms with Crippen LogP contribution in [0.15, 0.2) is 51.9 Å². The Bertz CT molecular complexity index is 929. The molecule has 0 aliphatic heterocycles. The number of benzene rings is 2. The van der Waals surface area contributed by atoms with E-state index in [1.807, 2.05) is 30.5 Å². The van der Waals surface area contributed by atoms with Gasteiger partial charge in [0.25, 0.3) is 5.89 Å². The van der Waals surface area contributed by atoms with E-state index in [1.165, 1.54) is 11.8 Å². The summed E-state index contributed by atoms with van der Waals surface area (Å²) in [6.45, 7) is -0.143. The third-order valence-electron chi connectivity index (χ3n) is 3.52. The summed E-state index contributed by atoms with van der Waals surface area (Å²) in [7, 11) is 1.58. The van der Waals surface area contributed by atoms with Gasteiger partial charge in [0.05, 0.1) is 17.7 Å². The number of rotatable bonds is 6. The number of esters is 1. The number of hydrogen-bond acceptors (Lipinski definition) is 7. The zero-order chi connectivity index (χ0) is 18.5. The molecule has 8 heteroatoms. The second-order valence-corrected chi connectivity index (χ2v) is 6.45. The predicted molar refractivity (Wildman–Crippen MR) is 98.6 cm³/mol. The van der Waals surface area contributed by atoms with Crippen LogP contribution in [-0.4, -0.2) is 29.5 Å². The van der Waals surface area contributed by atoms with E-state index < -0.39 is 5.97 Å². The Morgan fingerprint density at radius 1 is 1.27 bits per heavy atom. The standard InChI is InChI=1S/C18H15ClN2O4S/c1-23-12-5-3-4-11(8-12)17-20-16(25-21-17)10-24-18(22)14-9-13(26-2)6-7-15(14)19/h3-9H,10H2,1-2H3. The molecule has 0 radical (unpaired) electrons. The number of methoxy groups -OCH3 is 1. The van der Waals surface area contributed by atoms with Crippen molar-refractivity contribution in [1.82, 2.24) is 10.1 Å². The number of aromatic nitrogens is 2. The quantitative estimate of drug-likeness (QED) is 0.453. The fourth-order valence-corrected chi connectivity index (χ4v) is 2.82. The highest BCUT2D eigenvalue weighted by Crippen LogP contribution is 2.24. The Balaban J connectivity index is 1.69. The summed E-state index contributed by atoms with van der Waals surface area (Å²) >= 11 is 7.58. The molecule has 0 N–H and O–H groups in total. The van der Waals surface area contributed by atoms with Crippen LogP contribution in [0.25, 0.3) is 11.4 Å². The molecule has 0 saturated heterocycles. The molecule has 0 aliphatic carbocycles. The average Bonchev–Trinajstić information content (AvgIpc) is 3.15. The molecular formula is C18H15ClN2O4S. The summed E-state index contributed by atoms with van der Waals surface area (Å²) in [5.74, 6) is 0.710. The summed E-state index contributed by atoms with van der Waals surface area (Å²) < 4.78 is 15.5. The van der Waals surface area contributed by atoms with Crippen LogP contribution in [0.1, 0.15) is 16.2 Å². The van der Waals surface area contributed by atoms with Crippen molar-refractivity contribution in [2.75, 3.05) is 13.4 Å². The van der Waals surface area contributed by atoms with Gasteiger partial charge in [-0.3, -0.25) is 0 Å². The number of thioether (sulfide) groups is 1. The molecule has 0 atom stereocenters. The topological polar surface area (TPSA) is 74.5 Å². The van der Waals surface area contributed by atoms with E-state index in [1.54, 1.807) is 25.3 Å². The van der Waals surface area contributed by atoms with Gasteiger partial charge in [0, 0.05) is 10.5 Å². The number of nitrogens with zero attached hydrogens (tertiary/aromatic N) is 2.